The number of benzene rings is 1. The van der Waals surface area contributed by atoms with E-state index in [0.717, 1.165) is 5.56 Å². The van der Waals surface area contributed by atoms with Crippen LogP contribution in [0.1, 0.15) is 12.5 Å². The lowest BCUT2D eigenvalue weighted by Crippen LogP contribution is -2.42. The highest BCUT2D eigenvalue weighted by atomic mass is 32.2. The van der Waals surface area contributed by atoms with Crippen LogP contribution in [0.5, 0.6) is 0 Å². The van der Waals surface area contributed by atoms with Crippen molar-refractivity contribution in [1.82, 2.24) is 25.4 Å². The lowest BCUT2D eigenvalue weighted by atomic mass is 10.2. The molecule has 126 valence electrons. The maximum atomic E-state index is 12.1. The molecule has 0 bridgehead atoms. The minimum Gasteiger partial charge on any atom is -0.334 e. The van der Waals surface area contributed by atoms with Crippen LogP contribution in [0.15, 0.2) is 54.5 Å². The largest absolute Gasteiger partial charge is 0.334 e. The fourth-order valence-corrected chi connectivity index (χ4v) is 2.68. The number of imide groups is 1. The predicted octanol–water partition coefficient (Wildman–Crippen LogP) is 1.97. The number of rotatable bonds is 7. The number of thioether (sulfide) groups is 1. The van der Waals surface area contributed by atoms with Crippen molar-refractivity contribution in [2.75, 3.05) is 0 Å². The fourth-order valence-electron chi connectivity index (χ4n) is 1.85. The first-order chi connectivity index (χ1) is 11.6. The van der Waals surface area contributed by atoms with Gasteiger partial charge in [-0.05, 0) is 12.5 Å². The third-order valence-electron chi connectivity index (χ3n) is 3.09. The maximum Gasteiger partial charge on any atom is 0.321 e. The number of aromatic nitrogens is 3. The smallest absolute Gasteiger partial charge is 0.321 e. The molecule has 0 aliphatic carbocycles. The molecule has 7 nitrogen and oxygen atoms in total. The SMILES string of the molecule is C=CCn1cnnc1S[C@H](C)C(=O)NC(=O)NCc1ccccc1. The second-order valence-electron chi connectivity index (χ2n) is 4.97. The highest BCUT2D eigenvalue weighted by Gasteiger charge is 2.19. The van der Waals surface area contributed by atoms with Gasteiger partial charge in [0.1, 0.15) is 6.33 Å². The van der Waals surface area contributed by atoms with Crippen molar-refractivity contribution in [3.05, 3.63) is 54.9 Å². The van der Waals surface area contributed by atoms with Crippen molar-refractivity contribution in [2.45, 2.75) is 30.4 Å². The van der Waals surface area contributed by atoms with Crippen molar-refractivity contribution < 1.29 is 9.59 Å². The molecule has 0 saturated heterocycles. The van der Waals surface area contributed by atoms with Crippen molar-refractivity contribution >= 4 is 23.7 Å². The molecule has 0 spiro atoms. The van der Waals surface area contributed by atoms with E-state index in [-0.39, 0.29) is 0 Å². The Bertz CT molecular complexity index is 702. The molecule has 24 heavy (non-hydrogen) atoms. The predicted molar refractivity (Wildman–Crippen MR) is 92.4 cm³/mol. The average molecular weight is 345 g/mol. The Morgan fingerprint density at radius 2 is 2.12 bits per heavy atom. The lowest BCUT2D eigenvalue weighted by molar-refractivity contribution is -0.119. The van der Waals surface area contributed by atoms with Gasteiger partial charge >= 0.3 is 6.03 Å². The normalized spacial score (nSPS) is 11.5. The summed E-state index contributed by atoms with van der Waals surface area (Å²) in [5.41, 5.74) is 0.958. The Hall–Kier alpha value is -2.61. The molecule has 2 rings (SSSR count). The third-order valence-corrected chi connectivity index (χ3v) is 4.18. The van der Waals surface area contributed by atoms with Crippen molar-refractivity contribution in [2.24, 2.45) is 0 Å². The van der Waals surface area contributed by atoms with Gasteiger partial charge in [-0.15, -0.1) is 16.8 Å². The number of nitrogens with zero attached hydrogens (tertiary/aromatic N) is 3. The molecule has 0 aliphatic heterocycles. The zero-order valence-corrected chi connectivity index (χ0v) is 14.1. The Morgan fingerprint density at radius 3 is 2.83 bits per heavy atom. The molecular formula is C16H19N5O2S. The second-order valence-corrected chi connectivity index (χ2v) is 6.28. The van der Waals surface area contributed by atoms with Gasteiger partial charge in [0.05, 0.1) is 5.25 Å². The van der Waals surface area contributed by atoms with Gasteiger partial charge in [0, 0.05) is 13.1 Å². The van der Waals surface area contributed by atoms with Crippen LogP contribution in [0.3, 0.4) is 0 Å². The number of amides is 3. The molecule has 1 atom stereocenters. The second kappa shape index (κ2) is 8.88. The summed E-state index contributed by atoms with van der Waals surface area (Å²) < 4.78 is 1.77. The monoisotopic (exact) mass is 345 g/mol. The number of nitrogens with one attached hydrogen (secondary N) is 2. The number of hydrogen-bond acceptors (Lipinski definition) is 5. The van der Waals surface area contributed by atoms with E-state index in [1.54, 1.807) is 23.9 Å². The molecule has 0 radical (unpaired) electrons. The molecule has 1 heterocycles. The van der Waals surface area contributed by atoms with E-state index in [1.165, 1.54) is 11.8 Å². The number of urea groups is 1. The van der Waals surface area contributed by atoms with Crippen LogP contribution in [0, 0.1) is 0 Å². The molecule has 8 heteroatoms. The standard InChI is InChI=1S/C16H19N5O2S/c1-3-9-21-11-18-20-16(21)24-12(2)14(22)19-15(23)17-10-13-7-5-4-6-8-13/h3-8,11-12H,1,9-10H2,2H3,(H2,17,19,22,23)/t12-/m1/s1. The van der Waals surface area contributed by atoms with E-state index in [0.29, 0.717) is 18.2 Å². The minimum absolute atomic E-state index is 0.356. The van der Waals surface area contributed by atoms with Crippen LogP contribution in [0.4, 0.5) is 4.79 Å². The van der Waals surface area contributed by atoms with Crippen molar-refractivity contribution in [3.8, 4) is 0 Å². The molecule has 0 saturated carbocycles. The van der Waals surface area contributed by atoms with Crippen molar-refractivity contribution in [3.63, 3.8) is 0 Å². The third kappa shape index (κ3) is 5.24. The first-order valence-electron chi connectivity index (χ1n) is 7.38. The maximum absolute atomic E-state index is 12.1. The topological polar surface area (TPSA) is 88.9 Å². The summed E-state index contributed by atoms with van der Waals surface area (Å²) in [6.45, 7) is 6.28. The highest BCUT2D eigenvalue weighted by Crippen LogP contribution is 2.20. The van der Waals surface area contributed by atoms with Crippen LogP contribution < -0.4 is 10.6 Å². The van der Waals surface area contributed by atoms with E-state index in [9.17, 15) is 9.59 Å². The summed E-state index contributed by atoms with van der Waals surface area (Å²) in [6, 6.07) is 8.94. The van der Waals surface area contributed by atoms with Gasteiger partial charge in [0.15, 0.2) is 5.16 Å². The average Bonchev–Trinajstić information content (AvgIpc) is 3.01. The summed E-state index contributed by atoms with van der Waals surface area (Å²) in [5, 5.41) is 12.9. The van der Waals surface area contributed by atoms with E-state index in [1.807, 2.05) is 30.3 Å². The zero-order valence-electron chi connectivity index (χ0n) is 13.3. The van der Waals surface area contributed by atoms with Crippen LogP contribution in [0.2, 0.25) is 0 Å². The Labute approximate surface area is 144 Å². The number of carbonyl (C=O) groups is 2. The van der Waals surface area contributed by atoms with E-state index in [2.05, 4.69) is 27.4 Å². The first-order valence-corrected chi connectivity index (χ1v) is 8.26. The Morgan fingerprint density at radius 1 is 1.38 bits per heavy atom. The van der Waals surface area contributed by atoms with E-state index < -0.39 is 17.2 Å². The zero-order chi connectivity index (χ0) is 17.4. The minimum atomic E-state index is -0.524. The van der Waals surface area contributed by atoms with Crippen LogP contribution >= 0.6 is 11.8 Å². The molecule has 0 fully saturated rings. The highest BCUT2D eigenvalue weighted by molar-refractivity contribution is 8.00. The Kier molecular flexibility index (Phi) is 6.56. The van der Waals surface area contributed by atoms with Gasteiger partial charge in [-0.1, -0.05) is 48.2 Å². The number of allylic oxidation sites excluding steroid dienone is 1. The van der Waals surface area contributed by atoms with Gasteiger partial charge in [0.2, 0.25) is 5.91 Å². The molecule has 1 aromatic heterocycles. The van der Waals surface area contributed by atoms with Crippen LogP contribution in [0.25, 0.3) is 0 Å². The number of carbonyl (C=O) groups excluding carboxylic acids is 2. The molecular weight excluding hydrogens is 326 g/mol. The van der Waals surface area contributed by atoms with Gasteiger partial charge in [-0.3, -0.25) is 10.1 Å². The van der Waals surface area contributed by atoms with Gasteiger partial charge in [0.25, 0.3) is 0 Å². The summed E-state index contributed by atoms with van der Waals surface area (Å²) in [5.74, 6) is -0.390. The molecule has 0 unspecified atom stereocenters. The quantitative estimate of drug-likeness (QED) is 0.592. The lowest BCUT2D eigenvalue weighted by Gasteiger charge is -2.12. The van der Waals surface area contributed by atoms with Gasteiger partial charge in [-0.25, -0.2) is 4.79 Å². The molecule has 2 aromatic rings. The molecule has 0 aliphatic rings. The van der Waals surface area contributed by atoms with Crippen LogP contribution in [-0.4, -0.2) is 32.0 Å². The summed E-state index contributed by atoms with van der Waals surface area (Å²) in [4.78, 5) is 23.9. The van der Waals surface area contributed by atoms with E-state index >= 15 is 0 Å². The first kappa shape index (κ1) is 17.7. The van der Waals surface area contributed by atoms with Crippen molar-refractivity contribution in [1.29, 1.82) is 0 Å². The molecule has 3 amide bonds. The fraction of sp³-hybridized carbons (Fsp3) is 0.250. The Balaban J connectivity index is 1.81. The molecule has 2 N–H and O–H groups in total. The summed E-state index contributed by atoms with van der Waals surface area (Å²) in [7, 11) is 0. The van der Waals surface area contributed by atoms with E-state index in [4.69, 9.17) is 0 Å². The van der Waals surface area contributed by atoms with Gasteiger partial charge < -0.3 is 9.88 Å². The van der Waals surface area contributed by atoms with Crippen LogP contribution in [-0.2, 0) is 17.9 Å². The number of hydrogen-bond donors (Lipinski definition) is 2. The van der Waals surface area contributed by atoms with Gasteiger partial charge in [-0.2, -0.15) is 0 Å². The summed E-state index contributed by atoms with van der Waals surface area (Å²) >= 11 is 1.23. The molecule has 1 aromatic carbocycles. The summed E-state index contributed by atoms with van der Waals surface area (Å²) in [6.07, 6.45) is 3.29.